The van der Waals surface area contributed by atoms with Gasteiger partial charge < -0.3 is 10.1 Å². The van der Waals surface area contributed by atoms with Gasteiger partial charge in [-0.3, -0.25) is 4.79 Å². The molecule has 2 rings (SSSR count). The van der Waals surface area contributed by atoms with E-state index in [9.17, 15) is 13.2 Å². The number of aryl methyl sites for hydroxylation is 1. The van der Waals surface area contributed by atoms with Crippen LogP contribution in [-0.4, -0.2) is 44.9 Å². The van der Waals surface area contributed by atoms with Crippen LogP contribution in [0.25, 0.3) is 0 Å². The van der Waals surface area contributed by atoms with Gasteiger partial charge >= 0.3 is 0 Å². The maximum atomic E-state index is 12.5. The molecule has 1 aliphatic heterocycles. The predicted octanol–water partition coefficient (Wildman–Crippen LogP) is 0.974. The Labute approximate surface area is 118 Å². The van der Waals surface area contributed by atoms with Crippen molar-refractivity contribution in [1.29, 1.82) is 0 Å². The number of nitrogens with zero attached hydrogens (tertiary/aromatic N) is 1. The van der Waals surface area contributed by atoms with E-state index in [1.54, 1.807) is 19.1 Å². The lowest BCUT2D eigenvalue weighted by Crippen LogP contribution is -2.40. The first kappa shape index (κ1) is 15.0. The molecular weight excluding hydrogens is 280 g/mol. The normalized spacial score (nSPS) is 16.9. The van der Waals surface area contributed by atoms with Crippen molar-refractivity contribution in [2.75, 3.05) is 31.6 Å². The highest BCUT2D eigenvalue weighted by Crippen LogP contribution is 2.23. The summed E-state index contributed by atoms with van der Waals surface area (Å²) in [7, 11) is -3.49. The zero-order valence-corrected chi connectivity index (χ0v) is 12.4. The molecule has 1 saturated heterocycles. The van der Waals surface area contributed by atoms with Gasteiger partial charge in [-0.25, -0.2) is 8.42 Å². The van der Waals surface area contributed by atoms with Crippen LogP contribution in [0.1, 0.15) is 12.5 Å². The predicted molar refractivity (Wildman–Crippen MR) is 75.1 cm³/mol. The van der Waals surface area contributed by atoms with E-state index in [1.165, 1.54) is 17.3 Å². The Bertz CT molecular complexity index is 607. The molecule has 1 aromatic rings. The third-order valence-corrected chi connectivity index (χ3v) is 5.01. The molecule has 20 heavy (non-hydrogen) atoms. The highest BCUT2D eigenvalue weighted by Gasteiger charge is 2.26. The van der Waals surface area contributed by atoms with E-state index in [1.807, 2.05) is 0 Å². The summed E-state index contributed by atoms with van der Waals surface area (Å²) in [6.45, 7) is 4.76. The first-order valence-electron chi connectivity index (χ1n) is 6.37. The molecule has 1 aromatic carbocycles. The van der Waals surface area contributed by atoms with Gasteiger partial charge in [0, 0.05) is 25.7 Å². The van der Waals surface area contributed by atoms with Crippen LogP contribution in [-0.2, 0) is 19.6 Å². The highest BCUT2D eigenvalue weighted by molar-refractivity contribution is 7.89. The molecule has 6 nitrogen and oxygen atoms in total. The van der Waals surface area contributed by atoms with E-state index < -0.39 is 10.0 Å². The summed E-state index contributed by atoms with van der Waals surface area (Å²) in [5.74, 6) is -0.183. The summed E-state index contributed by atoms with van der Waals surface area (Å²) < 4.78 is 31.5. The molecule has 110 valence electrons. The van der Waals surface area contributed by atoms with E-state index in [-0.39, 0.29) is 10.8 Å². The second-order valence-corrected chi connectivity index (χ2v) is 6.61. The number of carbonyl (C=O) groups is 1. The monoisotopic (exact) mass is 298 g/mol. The molecule has 1 amide bonds. The quantitative estimate of drug-likeness (QED) is 0.902. The number of hydrogen-bond acceptors (Lipinski definition) is 4. The number of sulfonamides is 1. The molecule has 0 saturated carbocycles. The molecular formula is C13H18N2O4S. The minimum absolute atomic E-state index is 0.183. The van der Waals surface area contributed by atoms with Gasteiger partial charge in [0.2, 0.25) is 15.9 Å². The maximum Gasteiger partial charge on any atom is 0.243 e. The van der Waals surface area contributed by atoms with Gasteiger partial charge in [-0.15, -0.1) is 0 Å². The zero-order chi connectivity index (χ0) is 14.8. The Kier molecular flexibility index (Phi) is 4.42. The standard InChI is InChI=1S/C13H18N2O4S/c1-10-9-12(3-4-13(10)14-11(2)16)20(17,18)15-5-7-19-8-6-15/h3-4,9H,5-8H2,1-2H3,(H,14,16). The van der Waals surface area contributed by atoms with Crippen LogP contribution in [0.2, 0.25) is 0 Å². The molecule has 0 aromatic heterocycles. The molecule has 1 heterocycles. The fourth-order valence-corrected chi connectivity index (χ4v) is 3.56. The molecule has 0 aliphatic carbocycles. The average molecular weight is 298 g/mol. The van der Waals surface area contributed by atoms with Crippen LogP contribution in [0.4, 0.5) is 5.69 Å². The number of hydrogen-bond donors (Lipinski definition) is 1. The molecule has 0 atom stereocenters. The van der Waals surface area contributed by atoms with Gasteiger partial charge in [-0.05, 0) is 30.7 Å². The number of anilines is 1. The third kappa shape index (κ3) is 3.17. The molecule has 1 fully saturated rings. The fraction of sp³-hybridized carbons (Fsp3) is 0.462. The van der Waals surface area contributed by atoms with E-state index in [2.05, 4.69) is 5.32 Å². The summed E-state index contributed by atoms with van der Waals surface area (Å²) in [4.78, 5) is 11.3. The number of amides is 1. The number of carbonyl (C=O) groups excluding carboxylic acids is 1. The fourth-order valence-electron chi connectivity index (χ4n) is 2.06. The van der Waals surface area contributed by atoms with Gasteiger partial charge in [0.25, 0.3) is 0 Å². The van der Waals surface area contributed by atoms with E-state index in [4.69, 9.17) is 4.74 Å². The van der Waals surface area contributed by atoms with Gasteiger partial charge in [0.05, 0.1) is 18.1 Å². The minimum atomic E-state index is -3.49. The summed E-state index contributed by atoms with van der Waals surface area (Å²) in [6.07, 6.45) is 0. The second-order valence-electron chi connectivity index (χ2n) is 4.67. The molecule has 1 N–H and O–H groups in total. The van der Waals surface area contributed by atoms with Crippen molar-refractivity contribution in [3.05, 3.63) is 23.8 Å². The zero-order valence-electron chi connectivity index (χ0n) is 11.5. The molecule has 1 aliphatic rings. The van der Waals surface area contributed by atoms with Crippen molar-refractivity contribution in [2.45, 2.75) is 18.7 Å². The number of nitrogens with one attached hydrogen (secondary N) is 1. The van der Waals surface area contributed by atoms with Crippen molar-refractivity contribution in [2.24, 2.45) is 0 Å². The van der Waals surface area contributed by atoms with Crippen molar-refractivity contribution >= 4 is 21.6 Å². The molecule has 0 spiro atoms. The number of ether oxygens (including phenoxy) is 1. The third-order valence-electron chi connectivity index (χ3n) is 3.12. The summed E-state index contributed by atoms with van der Waals surface area (Å²) in [5.41, 5.74) is 1.34. The van der Waals surface area contributed by atoms with Crippen LogP contribution in [0.3, 0.4) is 0 Å². The molecule has 0 radical (unpaired) electrons. The minimum Gasteiger partial charge on any atom is -0.379 e. The van der Waals surface area contributed by atoms with Crippen LogP contribution >= 0.6 is 0 Å². The Morgan fingerprint density at radius 3 is 2.50 bits per heavy atom. The molecule has 0 bridgehead atoms. The van der Waals surface area contributed by atoms with Crippen molar-refractivity contribution in [3.8, 4) is 0 Å². The number of morpholine rings is 1. The maximum absolute atomic E-state index is 12.5. The van der Waals surface area contributed by atoms with Gasteiger partial charge in [0.1, 0.15) is 0 Å². The van der Waals surface area contributed by atoms with Crippen molar-refractivity contribution < 1.29 is 17.9 Å². The number of rotatable bonds is 3. The second kappa shape index (κ2) is 5.90. The molecule has 0 unspecified atom stereocenters. The summed E-state index contributed by atoms with van der Waals surface area (Å²) in [5, 5.41) is 2.66. The van der Waals surface area contributed by atoms with Gasteiger partial charge in [-0.1, -0.05) is 0 Å². The highest BCUT2D eigenvalue weighted by atomic mass is 32.2. The topological polar surface area (TPSA) is 75.7 Å². The molecule has 7 heteroatoms. The summed E-state index contributed by atoms with van der Waals surface area (Å²) in [6, 6.07) is 4.71. The van der Waals surface area contributed by atoms with Crippen LogP contribution in [0.15, 0.2) is 23.1 Å². The van der Waals surface area contributed by atoms with E-state index in [0.29, 0.717) is 32.0 Å². The van der Waals surface area contributed by atoms with E-state index in [0.717, 1.165) is 5.56 Å². The lowest BCUT2D eigenvalue weighted by atomic mass is 10.2. The Morgan fingerprint density at radius 2 is 1.95 bits per heavy atom. The summed E-state index contributed by atoms with van der Waals surface area (Å²) >= 11 is 0. The number of benzene rings is 1. The average Bonchev–Trinajstić information content (AvgIpc) is 2.41. The Balaban J connectivity index is 2.28. The van der Waals surface area contributed by atoms with Crippen LogP contribution < -0.4 is 5.32 Å². The van der Waals surface area contributed by atoms with Crippen LogP contribution in [0.5, 0.6) is 0 Å². The smallest absolute Gasteiger partial charge is 0.243 e. The Morgan fingerprint density at radius 1 is 1.30 bits per heavy atom. The largest absolute Gasteiger partial charge is 0.379 e. The Hall–Kier alpha value is -1.44. The lowest BCUT2D eigenvalue weighted by molar-refractivity contribution is -0.114. The van der Waals surface area contributed by atoms with Crippen molar-refractivity contribution in [1.82, 2.24) is 4.31 Å². The van der Waals surface area contributed by atoms with E-state index >= 15 is 0 Å². The van der Waals surface area contributed by atoms with Gasteiger partial charge in [-0.2, -0.15) is 4.31 Å². The van der Waals surface area contributed by atoms with Gasteiger partial charge in [0.15, 0.2) is 0 Å². The first-order chi connectivity index (χ1) is 9.41. The van der Waals surface area contributed by atoms with Crippen LogP contribution in [0, 0.1) is 6.92 Å². The first-order valence-corrected chi connectivity index (χ1v) is 7.81. The SMILES string of the molecule is CC(=O)Nc1ccc(S(=O)(=O)N2CCOCC2)cc1C. The van der Waals surface area contributed by atoms with Crippen molar-refractivity contribution in [3.63, 3.8) is 0 Å². The lowest BCUT2D eigenvalue weighted by Gasteiger charge is -2.26.